The smallest absolute Gasteiger partial charge is 0.303 e. The quantitative estimate of drug-likeness (QED) is 0.364. The first-order valence-electron chi connectivity index (χ1n) is 10.1. The molecular formula is C21H34O5. The fraction of sp³-hybridized carbons (Fsp3) is 0.762. The number of rotatable bonds is 12. The van der Waals surface area contributed by atoms with E-state index >= 15 is 0 Å². The predicted octanol–water partition coefficient (Wildman–Crippen LogP) is 3.45. The number of unbranched alkanes of at least 4 members (excludes halogenated alkanes) is 4. The normalized spacial score (nSPS) is 32.0. The van der Waals surface area contributed by atoms with Gasteiger partial charge in [0, 0.05) is 24.7 Å². The number of carboxylic acid groups (broad SMARTS) is 1. The zero-order chi connectivity index (χ0) is 18.9. The lowest BCUT2D eigenvalue weighted by molar-refractivity contribution is -0.137. The van der Waals surface area contributed by atoms with E-state index in [-0.39, 0.29) is 30.5 Å². The van der Waals surface area contributed by atoms with Crippen molar-refractivity contribution < 1.29 is 24.9 Å². The number of aliphatic hydroxyl groups excluding tert-OH is 2. The number of aliphatic carboxylic acids is 1. The zero-order valence-corrected chi connectivity index (χ0v) is 15.8. The van der Waals surface area contributed by atoms with Gasteiger partial charge in [-0.15, -0.1) is 0 Å². The molecule has 0 radical (unpaired) electrons. The summed E-state index contributed by atoms with van der Waals surface area (Å²) >= 11 is 0. The number of allylic oxidation sites excluding steroid dienone is 1. The SMILES string of the molecule is CCCCCC(O)/C=C/[C@@H]1[C@@H](/C=C\CCCCC(=O)O)[C@@H]2O[C@H]1CC2O. The number of hydrogen-bond acceptors (Lipinski definition) is 4. The van der Waals surface area contributed by atoms with Gasteiger partial charge in [0.2, 0.25) is 0 Å². The summed E-state index contributed by atoms with van der Waals surface area (Å²) in [4.78, 5) is 10.5. The number of ether oxygens (including phenoxy) is 1. The first-order chi connectivity index (χ1) is 12.5. The molecule has 3 N–H and O–H groups in total. The minimum atomic E-state index is -0.749. The molecule has 26 heavy (non-hydrogen) atoms. The maximum Gasteiger partial charge on any atom is 0.303 e. The van der Waals surface area contributed by atoms with Crippen LogP contribution >= 0.6 is 0 Å². The second kappa shape index (κ2) is 10.9. The Kier molecular flexibility index (Phi) is 8.82. The molecule has 0 aromatic rings. The molecule has 6 atom stereocenters. The van der Waals surface area contributed by atoms with Crippen LogP contribution in [0.4, 0.5) is 0 Å². The second-order valence-corrected chi connectivity index (χ2v) is 7.61. The molecule has 0 amide bonds. The third-order valence-electron chi connectivity index (χ3n) is 5.47. The molecule has 2 fully saturated rings. The molecule has 2 heterocycles. The molecule has 5 heteroatoms. The van der Waals surface area contributed by atoms with Crippen LogP contribution in [0, 0.1) is 11.8 Å². The monoisotopic (exact) mass is 366 g/mol. The van der Waals surface area contributed by atoms with Gasteiger partial charge in [0.05, 0.1) is 24.4 Å². The van der Waals surface area contributed by atoms with Crippen LogP contribution in [0.2, 0.25) is 0 Å². The first-order valence-corrected chi connectivity index (χ1v) is 10.1. The third-order valence-corrected chi connectivity index (χ3v) is 5.47. The van der Waals surface area contributed by atoms with Gasteiger partial charge in [-0.25, -0.2) is 0 Å². The fourth-order valence-corrected chi connectivity index (χ4v) is 4.02. The summed E-state index contributed by atoms with van der Waals surface area (Å²) in [5, 5.41) is 28.9. The summed E-state index contributed by atoms with van der Waals surface area (Å²) in [5.41, 5.74) is 0. The minimum Gasteiger partial charge on any atom is -0.481 e. The summed E-state index contributed by atoms with van der Waals surface area (Å²) in [5.74, 6) is -0.428. The lowest BCUT2D eigenvalue weighted by Crippen LogP contribution is -2.34. The van der Waals surface area contributed by atoms with Gasteiger partial charge in [-0.1, -0.05) is 50.5 Å². The van der Waals surface area contributed by atoms with E-state index in [0.717, 1.165) is 38.5 Å². The number of hydrogen-bond donors (Lipinski definition) is 3. The van der Waals surface area contributed by atoms with Crippen molar-refractivity contribution in [3.8, 4) is 0 Å². The Morgan fingerprint density at radius 1 is 1.19 bits per heavy atom. The Morgan fingerprint density at radius 3 is 2.73 bits per heavy atom. The first kappa shape index (κ1) is 21.1. The largest absolute Gasteiger partial charge is 0.481 e. The average molecular weight is 366 g/mol. The van der Waals surface area contributed by atoms with Crippen LogP contribution < -0.4 is 0 Å². The average Bonchev–Trinajstić information content (AvgIpc) is 3.13. The van der Waals surface area contributed by atoms with Crippen LogP contribution in [0.3, 0.4) is 0 Å². The Bertz CT molecular complexity index is 487. The van der Waals surface area contributed by atoms with Crippen molar-refractivity contribution in [1.29, 1.82) is 0 Å². The zero-order valence-electron chi connectivity index (χ0n) is 15.8. The molecule has 5 nitrogen and oxygen atoms in total. The number of carbonyl (C=O) groups is 1. The lowest BCUT2D eigenvalue weighted by Gasteiger charge is -2.26. The Balaban J connectivity index is 1.84. The minimum absolute atomic E-state index is 0.0238. The molecule has 2 rings (SSSR count). The molecule has 2 saturated heterocycles. The highest BCUT2D eigenvalue weighted by molar-refractivity contribution is 5.66. The molecule has 0 spiro atoms. The highest BCUT2D eigenvalue weighted by Gasteiger charge is 2.51. The van der Waals surface area contributed by atoms with E-state index in [1.807, 2.05) is 6.08 Å². The molecule has 0 aliphatic carbocycles. The summed E-state index contributed by atoms with van der Waals surface area (Å²) in [6.07, 6.45) is 14.6. The van der Waals surface area contributed by atoms with E-state index in [1.165, 1.54) is 0 Å². The summed E-state index contributed by atoms with van der Waals surface area (Å²) < 4.78 is 5.94. The fourth-order valence-electron chi connectivity index (χ4n) is 4.02. The molecule has 0 aromatic carbocycles. The van der Waals surface area contributed by atoms with Crippen molar-refractivity contribution in [3.63, 3.8) is 0 Å². The van der Waals surface area contributed by atoms with Crippen LogP contribution in [0.15, 0.2) is 24.3 Å². The van der Waals surface area contributed by atoms with Crippen molar-refractivity contribution in [2.24, 2.45) is 11.8 Å². The molecule has 148 valence electrons. The van der Waals surface area contributed by atoms with Gasteiger partial charge in [-0.05, 0) is 25.7 Å². The van der Waals surface area contributed by atoms with Crippen LogP contribution in [-0.2, 0) is 9.53 Å². The maximum absolute atomic E-state index is 10.5. The number of carboxylic acids is 1. The van der Waals surface area contributed by atoms with E-state index in [0.29, 0.717) is 12.8 Å². The highest BCUT2D eigenvalue weighted by Crippen LogP contribution is 2.45. The van der Waals surface area contributed by atoms with Crippen LogP contribution in [0.5, 0.6) is 0 Å². The summed E-state index contributed by atoms with van der Waals surface area (Å²) in [7, 11) is 0. The van der Waals surface area contributed by atoms with Crippen molar-refractivity contribution in [1.82, 2.24) is 0 Å². The Hall–Kier alpha value is -1.17. The van der Waals surface area contributed by atoms with Gasteiger partial charge in [0.15, 0.2) is 0 Å². The van der Waals surface area contributed by atoms with E-state index in [2.05, 4.69) is 25.2 Å². The molecule has 0 aromatic heterocycles. The molecule has 2 aliphatic rings. The van der Waals surface area contributed by atoms with Gasteiger partial charge >= 0.3 is 5.97 Å². The second-order valence-electron chi connectivity index (χ2n) is 7.61. The van der Waals surface area contributed by atoms with Gasteiger partial charge in [-0.3, -0.25) is 4.79 Å². The van der Waals surface area contributed by atoms with Crippen LogP contribution in [0.1, 0.15) is 64.7 Å². The Labute approximate surface area is 156 Å². The van der Waals surface area contributed by atoms with Gasteiger partial charge in [0.25, 0.3) is 0 Å². The molecule has 0 saturated carbocycles. The van der Waals surface area contributed by atoms with Crippen LogP contribution in [-0.4, -0.2) is 45.7 Å². The molecule has 2 aliphatic heterocycles. The van der Waals surface area contributed by atoms with Gasteiger partial charge in [0.1, 0.15) is 0 Å². The van der Waals surface area contributed by atoms with E-state index < -0.39 is 18.2 Å². The van der Waals surface area contributed by atoms with E-state index in [1.54, 1.807) is 0 Å². The van der Waals surface area contributed by atoms with Crippen molar-refractivity contribution in [2.45, 2.75) is 89.1 Å². The van der Waals surface area contributed by atoms with Crippen molar-refractivity contribution >= 4 is 5.97 Å². The van der Waals surface area contributed by atoms with Crippen molar-refractivity contribution in [3.05, 3.63) is 24.3 Å². The standard InChI is InChI=1S/C21H34O5/c1-2-3-6-9-15(22)12-13-16-17(21-18(23)14-19(16)26-21)10-7-4-5-8-11-20(24)25/h7,10,12-13,15-19,21-23H,2-6,8-9,11,14H2,1H3,(H,24,25)/b10-7-,13-12+/t15?,16-,17-,18?,19+,21+/m1/s1. The van der Waals surface area contributed by atoms with Crippen molar-refractivity contribution in [2.75, 3.05) is 0 Å². The third kappa shape index (κ3) is 6.22. The number of fused-ring (bicyclic) bond motifs is 2. The lowest BCUT2D eigenvalue weighted by atomic mass is 9.77. The van der Waals surface area contributed by atoms with Gasteiger partial charge in [-0.2, -0.15) is 0 Å². The molecule has 2 unspecified atom stereocenters. The summed E-state index contributed by atoms with van der Waals surface area (Å²) in [6, 6.07) is 0. The summed E-state index contributed by atoms with van der Waals surface area (Å²) in [6.45, 7) is 2.15. The molecule has 2 bridgehead atoms. The van der Waals surface area contributed by atoms with Gasteiger partial charge < -0.3 is 20.1 Å². The Morgan fingerprint density at radius 2 is 2.00 bits per heavy atom. The van der Waals surface area contributed by atoms with E-state index in [9.17, 15) is 15.0 Å². The maximum atomic E-state index is 10.5. The predicted molar refractivity (Wildman–Crippen MR) is 101 cm³/mol. The highest BCUT2D eigenvalue weighted by atomic mass is 16.5. The van der Waals surface area contributed by atoms with E-state index in [4.69, 9.17) is 9.84 Å². The van der Waals surface area contributed by atoms with Crippen LogP contribution in [0.25, 0.3) is 0 Å². The number of aliphatic hydroxyl groups is 2. The molecular weight excluding hydrogens is 332 g/mol. The topological polar surface area (TPSA) is 87.0 Å².